The van der Waals surface area contributed by atoms with Crippen LogP contribution in [0.3, 0.4) is 0 Å². The molecule has 0 bridgehead atoms. The number of rotatable bonds is 8. The minimum atomic E-state index is -0.472. The van der Waals surface area contributed by atoms with Gasteiger partial charge < -0.3 is 15.2 Å². The van der Waals surface area contributed by atoms with Crippen LogP contribution in [0.1, 0.15) is 39.2 Å². The number of aliphatic hydroxyl groups excluding tert-OH is 1. The molecule has 1 amide bonds. The Morgan fingerprint density at radius 2 is 2.00 bits per heavy atom. The average molecular weight is 291 g/mol. The lowest BCUT2D eigenvalue weighted by atomic mass is 10.2. The molecule has 4 heteroatoms. The highest BCUT2D eigenvalue weighted by Gasteiger charge is 2.03. The third-order valence-electron chi connectivity index (χ3n) is 2.81. The minimum absolute atomic E-state index is 0.145. The molecule has 1 atom stereocenters. The third kappa shape index (κ3) is 7.51. The number of amides is 1. The van der Waals surface area contributed by atoms with Gasteiger partial charge in [0.1, 0.15) is 5.75 Å². The van der Waals surface area contributed by atoms with Gasteiger partial charge in [-0.3, -0.25) is 4.79 Å². The van der Waals surface area contributed by atoms with E-state index in [2.05, 4.69) is 5.32 Å². The molecule has 0 aliphatic carbocycles. The van der Waals surface area contributed by atoms with E-state index in [4.69, 9.17) is 4.74 Å². The summed E-state index contributed by atoms with van der Waals surface area (Å²) in [6.07, 6.45) is 4.47. The molecule has 1 rings (SSSR count). The molecule has 4 nitrogen and oxygen atoms in total. The summed E-state index contributed by atoms with van der Waals surface area (Å²) in [6, 6.07) is 7.55. The van der Waals surface area contributed by atoms with Crippen LogP contribution in [-0.4, -0.2) is 29.8 Å². The average Bonchev–Trinajstić information content (AvgIpc) is 2.44. The zero-order valence-corrected chi connectivity index (χ0v) is 13.0. The van der Waals surface area contributed by atoms with E-state index < -0.39 is 6.10 Å². The normalized spacial score (nSPS) is 12.6. The van der Waals surface area contributed by atoms with Crippen LogP contribution in [0.15, 0.2) is 30.3 Å². The molecule has 1 aromatic rings. The molecule has 21 heavy (non-hydrogen) atoms. The summed E-state index contributed by atoms with van der Waals surface area (Å²) in [5.74, 6) is 0.613. The number of aliphatic hydroxyl groups is 1. The van der Waals surface area contributed by atoms with Gasteiger partial charge in [0.2, 0.25) is 5.91 Å². The van der Waals surface area contributed by atoms with Crippen LogP contribution in [-0.2, 0) is 4.79 Å². The Bertz CT molecular complexity index is 452. The molecular formula is C17H25NO3. The molecule has 0 fully saturated rings. The molecule has 0 aliphatic heterocycles. The van der Waals surface area contributed by atoms with Gasteiger partial charge in [-0.15, -0.1) is 0 Å². The van der Waals surface area contributed by atoms with E-state index >= 15 is 0 Å². The van der Waals surface area contributed by atoms with Crippen LogP contribution < -0.4 is 10.1 Å². The van der Waals surface area contributed by atoms with Crippen molar-refractivity contribution in [1.29, 1.82) is 0 Å². The second-order valence-corrected chi connectivity index (χ2v) is 5.26. The molecule has 1 unspecified atom stereocenters. The highest BCUT2D eigenvalue weighted by atomic mass is 16.5. The Labute approximate surface area is 126 Å². The smallest absolute Gasteiger partial charge is 0.244 e. The standard InChI is InChI=1S/C17H25NO3/c1-4-5-15(19)12-18-17(20)11-8-14-6-9-16(10-7-14)21-13(2)3/h6-11,13,15,19H,4-5,12H2,1-3H3,(H,18,20)/b11-8+. The summed E-state index contributed by atoms with van der Waals surface area (Å²) in [5, 5.41) is 12.2. The molecular weight excluding hydrogens is 266 g/mol. The number of carbonyl (C=O) groups is 1. The van der Waals surface area contributed by atoms with Crippen molar-refractivity contribution in [2.45, 2.75) is 45.8 Å². The fourth-order valence-corrected chi connectivity index (χ4v) is 1.81. The summed E-state index contributed by atoms with van der Waals surface area (Å²) in [6.45, 7) is 6.24. The Morgan fingerprint density at radius 1 is 1.33 bits per heavy atom. The molecule has 0 aromatic heterocycles. The van der Waals surface area contributed by atoms with Gasteiger partial charge in [-0.25, -0.2) is 0 Å². The van der Waals surface area contributed by atoms with Gasteiger partial charge in [-0.1, -0.05) is 25.5 Å². The fourth-order valence-electron chi connectivity index (χ4n) is 1.81. The molecule has 0 saturated carbocycles. The molecule has 0 saturated heterocycles. The van der Waals surface area contributed by atoms with Crippen molar-refractivity contribution in [3.05, 3.63) is 35.9 Å². The van der Waals surface area contributed by atoms with Gasteiger partial charge in [0, 0.05) is 12.6 Å². The maximum absolute atomic E-state index is 11.6. The van der Waals surface area contributed by atoms with Crippen molar-refractivity contribution in [2.75, 3.05) is 6.54 Å². The first kappa shape index (κ1) is 17.2. The molecule has 1 aromatic carbocycles. The second kappa shape index (κ2) is 9.19. The largest absolute Gasteiger partial charge is 0.491 e. The maximum Gasteiger partial charge on any atom is 0.244 e. The van der Waals surface area contributed by atoms with Gasteiger partial charge >= 0.3 is 0 Å². The van der Waals surface area contributed by atoms with Crippen molar-refractivity contribution in [2.24, 2.45) is 0 Å². The molecule has 0 radical (unpaired) electrons. The first-order valence-electron chi connectivity index (χ1n) is 7.42. The fraction of sp³-hybridized carbons (Fsp3) is 0.471. The van der Waals surface area contributed by atoms with Gasteiger partial charge in [0.05, 0.1) is 12.2 Å². The van der Waals surface area contributed by atoms with Crippen LogP contribution in [0.25, 0.3) is 6.08 Å². The van der Waals surface area contributed by atoms with E-state index in [0.717, 1.165) is 17.7 Å². The predicted molar refractivity (Wildman–Crippen MR) is 85.2 cm³/mol. The van der Waals surface area contributed by atoms with E-state index in [9.17, 15) is 9.90 Å². The van der Waals surface area contributed by atoms with Gasteiger partial charge in [0.25, 0.3) is 0 Å². The SMILES string of the molecule is CCCC(O)CNC(=O)/C=C/c1ccc(OC(C)C)cc1. The lowest BCUT2D eigenvalue weighted by Gasteiger charge is -2.09. The monoisotopic (exact) mass is 291 g/mol. The zero-order valence-electron chi connectivity index (χ0n) is 13.0. The van der Waals surface area contributed by atoms with E-state index in [0.29, 0.717) is 6.42 Å². The Balaban J connectivity index is 2.43. The summed E-state index contributed by atoms with van der Waals surface area (Å²) in [4.78, 5) is 11.6. The molecule has 0 aliphatic rings. The number of benzene rings is 1. The van der Waals surface area contributed by atoms with Crippen LogP contribution in [0.2, 0.25) is 0 Å². The minimum Gasteiger partial charge on any atom is -0.491 e. The number of hydrogen-bond donors (Lipinski definition) is 2. The number of hydrogen-bond acceptors (Lipinski definition) is 3. The quantitative estimate of drug-likeness (QED) is 0.724. The van der Waals surface area contributed by atoms with E-state index in [1.807, 2.05) is 45.0 Å². The Morgan fingerprint density at radius 3 is 2.57 bits per heavy atom. The van der Waals surface area contributed by atoms with E-state index in [1.54, 1.807) is 6.08 Å². The van der Waals surface area contributed by atoms with Crippen molar-refractivity contribution in [3.63, 3.8) is 0 Å². The Hall–Kier alpha value is -1.81. The first-order valence-corrected chi connectivity index (χ1v) is 7.42. The highest BCUT2D eigenvalue weighted by molar-refractivity contribution is 5.91. The topological polar surface area (TPSA) is 58.6 Å². The highest BCUT2D eigenvalue weighted by Crippen LogP contribution is 2.14. The number of carbonyl (C=O) groups excluding carboxylic acids is 1. The molecule has 2 N–H and O–H groups in total. The number of ether oxygens (including phenoxy) is 1. The van der Waals surface area contributed by atoms with Gasteiger partial charge in [0.15, 0.2) is 0 Å². The summed E-state index contributed by atoms with van der Waals surface area (Å²) < 4.78 is 5.55. The van der Waals surface area contributed by atoms with Crippen molar-refractivity contribution >= 4 is 12.0 Å². The molecule has 0 spiro atoms. The Kier molecular flexibility index (Phi) is 7.54. The van der Waals surface area contributed by atoms with Gasteiger partial charge in [-0.05, 0) is 44.0 Å². The van der Waals surface area contributed by atoms with Crippen molar-refractivity contribution in [1.82, 2.24) is 5.32 Å². The van der Waals surface area contributed by atoms with Crippen LogP contribution in [0.5, 0.6) is 5.75 Å². The summed E-state index contributed by atoms with van der Waals surface area (Å²) in [7, 11) is 0. The third-order valence-corrected chi connectivity index (χ3v) is 2.81. The van der Waals surface area contributed by atoms with Crippen LogP contribution >= 0.6 is 0 Å². The maximum atomic E-state index is 11.6. The number of nitrogens with one attached hydrogen (secondary N) is 1. The first-order chi connectivity index (χ1) is 10.0. The van der Waals surface area contributed by atoms with Crippen molar-refractivity contribution in [3.8, 4) is 5.75 Å². The zero-order chi connectivity index (χ0) is 15.7. The van der Waals surface area contributed by atoms with E-state index in [-0.39, 0.29) is 18.6 Å². The molecule has 0 heterocycles. The predicted octanol–water partition coefficient (Wildman–Crippen LogP) is 2.76. The molecule has 116 valence electrons. The lowest BCUT2D eigenvalue weighted by molar-refractivity contribution is -0.116. The van der Waals surface area contributed by atoms with Crippen molar-refractivity contribution < 1.29 is 14.6 Å². The second-order valence-electron chi connectivity index (χ2n) is 5.26. The summed E-state index contributed by atoms with van der Waals surface area (Å²) in [5.41, 5.74) is 0.926. The van der Waals surface area contributed by atoms with Crippen LogP contribution in [0.4, 0.5) is 0 Å². The van der Waals surface area contributed by atoms with Gasteiger partial charge in [-0.2, -0.15) is 0 Å². The lowest BCUT2D eigenvalue weighted by Crippen LogP contribution is -2.30. The van der Waals surface area contributed by atoms with E-state index in [1.165, 1.54) is 6.08 Å². The van der Waals surface area contributed by atoms with Crippen LogP contribution in [0, 0.1) is 0 Å². The summed E-state index contributed by atoms with van der Waals surface area (Å²) >= 11 is 0.